The molecule has 3 aromatic rings. The second-order valence-corrected chi connectivity index (χ2v) is 10.3. The minimum absolute atomic E-state index is 0.00945. The van der Waals surface area contributed by atoms with Crippen molar-refractivity contribution in [2.75, 3.05) is 7.11 Å². The molecule has 0 heterocycles. The van der Waals surface area contributed by atoms with E-state index < -0.39 is 6.04 Å². The zero-order chi connectivity index (χ0) is 26.2. The van der Waals surface area contributed by atoms with E-state index in [1.54, 1.807) is 30.2 Å². The second-order valence-electron chi connectivity index (χ2n) is 9.45. The minimum atomic E-state index is -0.706. The van der Waals surface area contributed by atoms with E-state index in [2.05, 4.69) is 5.32 Å². The first-order chi connectivity index (χ1) is 17.9. The Kier molecular flexibility index (Phi) is 9.48. The number of halogens is 2. The van der Waals surface area contributed by atoms with E-state index in [4.69, 9.17) is 27.9 Å². The van der Waals surface area contributed by atoms with Gasteiger partial charge in [0.15, 0.2) is 0 Å². The van der Waals surface area contributed by atoms with Crippen molar-refractivity contribution in [2.24, 2.45) is 0 Å². The van der Waals surface area contributed by atoms with Crippen molar-refractivity contribution >= 4 is 35.0 Å². The summed E-state index contributed by atoms with van der Waals surface area (Å²) in [5.41, 5.74) is 2.40. The Morgan fingerprint density at radius 1 is 0.946 bits per heavy atom. The summed E-state index contributed by atoms with van der Waals surface area (Å²) < 4.78 is 5.40. The van der Waals surface area contributed by atoms with Crippen LogP contribution < -0.4 is 10.1 Å². The molecule has 0 unspecified atom stereocenters. The normalized spacial score (nSPS) is 14.2. The van der Waals surface area contributed by atoms with Crippen molar-refractivity contribution in [3.63, 3.8) is 0 Å². The average molecular weight is 540 g/mol. The SMILES string of the molecule is COc1cccc(CN(C(=O)Cc2c(Cl)cccc2Cl)[C@@H](Cc2ccccc2)C(=O)NC2CCCC2)c1. The highest BCUT2D eigenvalue weighted by Gasteiger charge is 2.32. The van der Waals surface area contributed by atoms with Gasteiger partial charge in [0.25, 0.3) is 0 Å². The number of hydrogen-bond acceptors (Lipinski definition) is 3. The molecule has 7 heteroatoms. The summed E-state index contributed by atoms with van der Waals surface area (Å²) in [4.78, 5) is 29.4. The third-order valence-electron chi connectivity index (χ3n) is 6.85. The van der Waals surface area contributed by atoms with Crippen molar-refractivity contribution in [1.82, 2.24) is 10.2 Å². The molecule has 1 atom stereocenters. The lowest BCUT2D eigenvalue weighted by Crippen LogP contribution is -2.52. The van der Waals surface area contributed by atoms with Crippen molar-refractivity contribution in [3.05, 3.63) is 99.5 Å². The smallest absolute Gasteiger partial charge is 0.243 e. The molecule has 0 saturated heterocycles. The van der Waals surface area contributed by atoms with Gasteiger partial charge in [-0.2, -0.15) is 0 Å². The fraction of sp³-hybridized carbons (Fsp3) is 0.333. The number of rotatable bonds is 10. The van der Waals surface area contributed by atoms with Crippen LogP contribution in [0.2, 0.25) is 10.0 Å². The fourth-order valence-corrected chi connectivity index (χ4v) is 5.37. The summed E-state index contributed by atoms with van der Waals surface area (Å²) in [5.74, 6) is 0.326. The van der Waals surface area contributed by atoms with Gasteiger partial charge in [-0.05, 0) is 53.8 Å². The molecule has 1 fully saturated rings. The van der Waals surface area contributed by atoms with Gasteiger partial charge >= 0.3 is 0 Å². The molecule has 5 nitrogen and oxygen atoms in total. The number of nitrogens with one attached hydrogen (secondary N) is 1. The fourth-order valence-electron chi connectivity index (χ4n) is 4.84. The molecule has 0 aliphatic heterocycles. The molecule has 1 saturated carbocycles. The van der Waals surface area contributed by atoms with Gasteiger partial charge in [0, 0.05) is 29.1 Å². The zero-order valence-electron chi connectivity index (χ0n) is 21.0. The standard InChI is InChI=1S/C30H32Cl2N2O3/c1-37-24-14-7-11-22(17-24)20-34(29(35)19-25-26(31)15-8-16-27(25)32)28(18-21-9-3-2-4-10-21)30(36)33-23-12-5-6-13-23/h2-4,7-11,14-17,23,28H,5-6,12-13,18-20H2,1H3,(H,33,36)/t28-/m0/s1. The number of ether oxygens (including phenoxy) is 1. The number of carbonyl (C=O) groups excluding carboxylic acids is 2. The summed E-state index contributed by atoms with van der Waals surface area (Å²) in [6.07, 6.45) is 4.51. The van der Waals surface area contributed by atoms with E-state index in [-0.39, 0.29) is 30.8 Å². The molecule has 0 spiro atoms. The summed E-state index contributed by atoms with van der Waals surface area (Å²) >= 11 is 12.8. The number of benzene rings is 3. The average Bonchev–Trinajstić information content (AvgIpc) is 3.42. The predicted octanol–water partition coefficient (Wildman–Crippen LogP) is 6.24. The molecule has 2 amide bonds. The highest BCUT2D eigenvalue weighted by atomic mass is 35.5. The van der Waals surface area contributed by atoms with Crippen LogP contribution in [0.4, 0.5) is 0 Å². The van der Waals surface area contributed by atoms with Crippen LogP contribution in [-0.2, 0) is 29.0 Å². The van der Waals surface area contributed by atoms with Gasteiger partial charge in [-0.15, -0.1) is 0 Å². The molecule has 3 aromatic carbocycles. The van der Waals surface area contributed by atoms with Crippen LogP contribution in [0.1, 0.15) is 42.4 Å². The summed E-state index contributed by atoms with van der Waals surface area (Å²) in [7, 11) is 1.61. The lowest BCUT2D eigenvalue weighted by atomic mass is 10.0. The van der Waals surface area contributed by atoms with Gasteiger partial charge in [-0.25, -0.2) is 0 Å². The van der Waals surface area contributed by atoms with Crippen LogP contribution in [0.5, 0.6) is 5.75 Å². The van der Waals surface area contributed by atoms with Gasteiger partial charge in [-0.3, -0.25) is 9.59 Å². The summed E-state index contributed by atoms with van der Waals surface area (Å²) in [5, 5.41) is 4.08. The third-order valence-corrected chi connectivity index (χ3v) is 7.56. The Bertz CT molecular complexity index is 1190. The molecule has 194 valence electrons. The third kappa shape index (κ3) is 7.27. The Morgan fingerprint density at radius 3 is 2.27 bits per heavy atom. The van der Waals surface area contributed by atoms with E-state index in [0.29, 0.717) is 27.8 Å². The van der Waals surface area contributed by atoms with Crippen LogP contribution in [0.25, 0.3) is 0 Å². The molecular weight excluding hydrogens is 507 g/mol. The maximum Gasteiger partial charge on any atom is 0.243 e. The van der Waals surface area contributed by atoms with E-state index in [1.165, 1.54) is 0 Å². The highest BCUT2D eigenvalue weighted by molar-refractivity contribution is 6.36. The van der Waals surface area contributed by atoms with Crippen LogP contribution >= 0.6 is 23.2 Å². The Morgan fingerprint density at radius 2 is 1.59 bits per heavy atom. The van der Waals surface area contributed by atoms with Crippen molar-refractivity contribution in [2.45, 2.75) is 57.2 Å². The van der Waals surface area contributed by atoms with Gasteiger partial charge in [0.2, 0.25) is 11.8 Å². The first-order valence-corrected chi connectivity index (χ1v) is 13.4. The van der Waals surface area contributed by atoms with E-state index >= 15 is 0 Å². The lowest BCUT2D eigenvalue weighted by molar-refractivity contribution is -0.141. The van der Waals surface area contributed by atoms with E-state index in [9.17, 15) is 9.59 Å². The largest absolute Gasteiger partial charge is 0.497 e. The summed E-state index contributed by atoms with van der Waals surface area (Å²) in [6, 6.07) is 22.0. The molecule has 37 heavy (non-hydrogen) atoms. The number of carbonyl (C=O) groups is 2. The predicted molar refractivity (Wildman–Crippen MR) is 148 cm³/mol. The van der Waals surface area contributed by atoms with Gasteiger partial charge in [0.05, 0.1) is 13.5 Å². The van der Waals surface area contributed by atoms with Gasteiger partial charge in [-0.1, -0.05) is 84.6 Å². The van der Waals surface area contributed by atoms with Crippen molar-refractivity contribution in [3.8, 4) is 5.75 Å². The number of nitrogens with zero attached hydrogens (tertiary/aromatic N) is 1. The Labute approximate surface area is 228 Å². The number of amides is 2. The van der Waals surface area contributed by atoms with Gasteiger partial charge in [0.1, 0.15) is 11.8 Å². The molecular formula is C30H32Cl2N2O3. The van der Waals surface area contributed by atoms with Crippen LogP contribution in [0.15, 0.2) is 72.8 Å². The topological polar surface area (TPSA) is 58.6 Å². The first kappa shape index (κ1) is 27.0. The molecule has 0 bridgehead atoms. The monoisotopic (exact) mass is 538 g/mol. The second kappa shape index (κ2) is 13.0. The van der Waals surface area contributed by atoms with Gasteiger partial charge < -0.3 is 15.0 Å². The number of hydrogen-bond donors (Lipinski definition) is 1. The molecule has 1 aliphatic carbocycles. The maximum absolute atomic E-state index is 13.9. The van der Waals surface area contributed by atoms with Crippen LogP contribution in [0, 0.1) is 0 Å². The van der Waals surface area contributed by atoms with E-state index in [0.717, 1.165) is 36.8 Å². The zero-order valence-corrected chi connectivity index (χ0v) is 22.5. The Hall–Kier alpha value is -3.02. The van der Waals surface area contributed by atoms with Crippen LogP contribution in [-0.4, -0.2) is 35.9 Å². The molecule has 0 aromatic heterocycles. The Balaban J connectivity index is 1.70. The van der Waals surface area contributed by atoms with Crippen molar-refractivity contribution < 1.29 is 14.3 Å². The lowest BCUT2D eigenvalue weighted by Gasteiger charge is -2.32. The molecule has 0 radical (unpaired) electrons. The minimum Gasteiger partial charge on any atom is -0.497 e. The number of methoxy groups -OCH3 is 1. The molecule has 1 aliphatic rings. The highest BCUT2D eigenvalue weighted by Crippen LogP contribution is 2.27. The first-order valence-electron chi connectivity index (χ1n) is 12.6. The van der Waals surface area contributed by atoms with E-state index in [1.807, 2.05) is 54.6 Å². The van der Waals surface area contributed by atoms with Crippen LogP contribution in [0.3, 0.4) is 0 Å². The summed E-state index contributed by atoms with van der Waals surface area (Å²) in [6.45, 7) is 0.244. The molecule has 1 N–H and O–H groups in total. The maximum atomic E-state index is 13.9. The quantitative estimate of drug-likeness (QED) is 0.332. The van der Waals surface area contributed by atoms with Crippen molar-refractivity contribution in [1.29, 1.82) is 0 Å². The molecule has 4 rings (SSSR count).